The number of nitrogens with zero attached hydrogens (tertiary/aromatic N) is 3. The molecular weight excluding hydrogens is 401 g/mol. The molecule has 0 spiro atoms. The van der Waals surface area contributed by atoms with Crippen molar-refractivity contribution in [1.29, 1.82) is 0 Å². The first-order chi connectivity index (χ1) is 12.8. The van der Waals surface area contributed by atoms with E-state index in [1.54, 1.807) is 18.4 Å². The van der Waals surface area contributed by atoms with Gasteiger partial charge in [0.1, 0.15) is 29.2 Å². The van der Waals surface area contributed by atoms with Crippen molar-refractivity contribution in [2.75, 3.05) is 26.1 Å². The molecule has 0 radical (unpaired) electrons. The van der Waals surface area contributed by atoms with Crippen LogP contribution in [0.5, 0.6) is 0 Å². The van der Waals surface area contributed by atoms with Gasteiger partial charge in [0, 0.05) is 14.7 Å². The summed E-state index contributed by atoms with van der Waals surface area (Å²) in [5.74, 6) is 0. The highest BCUT2D eigenvalue weighted by atomic mass is 32.2. The van der Waals surface area contributed by atoms with E-state index in [1.165, 1.54) is 18.1 Å². The highest BCUT2D eigenvalue weighted by molar-refractivity contribution is 7.98. The number of ether oxygens (including phenoxy) is 1. The first-order valence-corrected chi connectivity index (χ1v) is 15.6. The number of fused-ring (bicyclic) bond motifs is 1. The van der Waals surface area contributed by atoms with Gasteiger partial charge >= 0.3 is 7.60 Å². The largest absolute Gasteiger partial charge is 0.377 e. The summed E-state index contributed by atoms with van der Waals surface area (Å²) in [6.45, 7) is 12.0. The highest BCUT2D eigenvalue weighted by Gasteiger charge is 2.33. The third kappa shape index (κ3) is 5.65. The van der Waals surface area contributed by atoms with Crippen LogP contribution in [0.4, 0.5) is 0 Å². The zero-order chi connectivity index (χ0) is 20.1. The summed E-state index contributed by atoms with van der Waals surface area (Å²) >= 11 is 1.52. The van der Waals surface area contributed by atoms with E-state index in [2.05, 4.69) is 29.6 Å². The zero-order valence-electron chi connectivity index (χ0n) is 17.0. The van der Waals surface area contributed by atoms with Gasteiger partial charge in [-0.3, -0.25) is 9.13 Å². The van der Waals surface area contributed by atoms with Gasteiger partial charge in [-0.15, -0.1) is 11.8 Å². The lowest BCUT2D eigenvalue weighted by atomic mass is 10.4. The highest BCUT2D eigenvalue weighted by Crippen LogP contribution is 2.48. The molecule has 10 heteroatoms. The van der Waals surface area contributed by atoms with E-state index in [0.29, 0.717) is 17.7 Å². The summed E-state index contributed by atoms with van der Waals surface area (Å²) in [6, 6.07) is 2.87. The van der Waals surface area contributed by atoms with E-state index < -0.39 is 15.7 Å². The van der Waals surface area contributed by atoms with Crippen molar-refractivity contribution >= 4 is 43.9 Å². The minimum absolute atomic E-state index is 0.248. The van der Waals surface area contributed by atoms with Crippen molar-refractivity contribution in [1.82, 2.24) is 14.5 Å². The molecule has 2 rings (SSSR count). The standard InChI is InChI=1S/C17H30N3O4PSSi/c1-7-23-25(21,24-8-2)15-11-14-16(18-12-19-17(14)26-3)20(15)13-22-9-10-27(4,5)6/h11-12H,7-10,13H2,1-6H3. The molecule has 0 aliphatic carbocycles. The summed E-state index contributed by atoms with van der Waals surface area (Å²) in [5.41, 5.74) is 1.14. The molecule has 0 saturated heterocycles. The topological polar surface area (TPSA) is 75.5 Å². The average molecular weight is 432 g/mol. The Labute approximate surface area is 166 Å². The molecule has 0 aromatic carbocycles. The molecule has 2 heterocycles. The van der Waals surface area contributed by atoms with Gasteiger partial charge in [0.05, 0.1) is 18.6 Å². The Morgan fingerprint density at radius 3 is 2.41 bits per heavy atom. The average Bonchev–Trinajstić information content (AvgIpc) is 2.98. The molecule has 0 amide bonds. The first-order valence-electron chi connectivity index (χ1n) is 9.11. The van der Waals surface area contributed by atoms with Crippen molar-refractivity contribution < 1.29 is 18.3 Å². The minimum atomic E-state index is -3.48. The van der Waals surface area contributed by atoms with Gasteiger partial charge in [-0.25, -0.2) is 9.97 Å². The molecule has 27 heavy (non-hydrogen) atoms. The molecule has 0 N–H and O–H groups in total. The molecule has 152 valence electrons. The third-order valence-electron chi connectivity index (χ3n) is 3.92. The van der Waals surface area contributed by atoms with Gasteiger partial charge in [-0.05, 0) is 32.2 Å². The van der Waals surface area contributed by atoms with E-state index in [0.717, 1.165) is 16.5 Å². The maximum absolute atomic E-state index is 13.4. The molecule has 0 atom stereocenters. The van der Waals surface area contributed by atoms with Gasteiger partial charge in [-0.1, -0.05) is 19.6 Å². The van der Waals surface area contributed by atoms with Crippen LogP contribution in [0.2, 0.25) is 25.7 Å². The van der Waals surface area contributed by atoms with Crippen LogP contribution in [0, 0.1) is 0 Å². The summed E-state index contributed by atoms with van der Waals surface area (Å²) in [5, 5.41) is 1.65. The summed E-state index contributed by atoms with van der Waals surface area (Å²) < 4.78 is 32.3. The van der Waals surface area contributed by atoms with Crippen LogP contribution in [0.3, 0.4) is 0 Å². The monoisotopic (exact) mass is 431 g/mol. The van der Waals surface area contributed by atoms with Crippen molar-refractivity contribution in [3.63, 3.8) is 0 Å². The number of rotatable bonds is 11. The number of hydrogen-bond donors (Lipinski definition) is 0. The fraction of sp³-hybridized carbons (Fsp3) is 0.647. The molecule has 0 bridgehead atoms. The molecule has 7 nitrogen and oxygen atoms in total. The van der Waals surface area contributed by atoms with E-state index in [4.69, 9.17) is 13.8 Å². The lowest BCUT2D eigenvalue weighted by Crippen LogP contribution is -2.24. The molecule has 0 aliphatic rings. The summed E-state index contributed by atoms with van der Waals surface area (Å²) in [7, 11) is -4.67. The summed E-state index contributed by atoms with van der Waals surface area (Å²) in [4.78, 5) is 8.72. The molecule has 0 fully saturated rings. The van der Waals surface area contributed by atoms with E-state index in [9.17, 15) is 4.57 Å². The maximum Gasteiger partial charge on any atom is 0.377 e. The second-order valence-corrected chi connectivity index (χ2v) is 15.6. The number of hydrogen-bond acceptors (Lipinski definition) is 7. The predicted octanol–water partition coefficient (Wildman–Crippen LogP) is 4.36. The molecule has 0 aliphatic heterocycles. The van der Waals surface area contributed by atoms with Crippen LogP contribution < -0.4 is 5.44 Å². The fourth-order valence-electron chi connectivity index (χ4n) is 2.59. The first kappa shape index (κ1) is 22.6. The zero-order valence-corrected chi connectivity index (χ0v) is 19.7. The van der Waals surface area contributed by atoms with Crippen LogP contribution in [0.15, 0.2) is 17.4 Å². The quantitative estimate of drug-likeness (QED) is 0.172. The summed E-state index contributed by atoms with van der Waals surface area (Å²) in [6.07, 6.45) is 3.47. The van der Waals surface area contributed by atoms with E-state index in [-0.39, 0.29) is 19.9 Å². The Hall–Kier alpha value is -0.703. The molecule has 2 aromatic heterocycles. The molecule has 0 saturated carbocycles. The maximum atomic E-state index is 13.4. The molecular formula is C17H30N3O4PSSi. The minimum Gasteiger partial charge on any atom is -0.361 e. The Morgan fingerprint density at radius 2 is 1.85 bits per heavy atom. The van der Waals surface area contributed by atoms with Crippen molar-refractivity contribution in [2.24, 2.45) is 0 Å². The smallest absolute Gasteiger partial charge is 0.361 e. The normalized spacial score (nSPS) is 12.8. The van der Waals surface area contributed by atoms with Crippen molar-refractivity contribution in [3.8, 4) is 0 Å². The number of thioether (sulfide) groups is 1. The SMILES string of the molecule is CCOP(=O)(OCC)c1cc2c(SC)ncnc2n1COCC[Si](C)(C)C. The third-order valence-corrected chi connectivity index (χ3v) is 8.46. The van der Waals surface area contributed by atoms with E-state index in [1.807, 2.05) is 12.3 Å². The Balaban J connectivity index is 2.46. The van der Waals surface area contributed by atoms with Gasteiger partial charge in [0.2, 0.25) is 0 Å². The van der Waals surface area contributed by atoms with Crippen molar-refractivity contribution in [2.45, 2.75) is 51.3 Å². The van der Waals surface area contributed by atoms with Crippen LogP contribution in [-0.2, 0) is 25.1 Å². The lowest BCUT2D eigenvalue weighted by molar-refractivity contribution is 0.0909. The van der Waals surface area contributed by atoms with Gasteiger partial charge < -0.3 is 13.8 Å². The van der Waals surface area contributed by atoms with Crippen LogP contribution in [-0.4, -0.2) is 48.7 Å². The molecule has 2 aromatic rings. The Bertz CT molecular complexity index is 799. The second-order valence-electron chi connectivity index (χ2n) is 7.23. The predicted molar refractivity (Wildman–Crippen MR) is 114 cm³/mol. The number of aromatic nitrogens is 3. The van der Waals surface area contributed by atoms with Crippen LogP contribution in [0.25, 0.3) is 11.0 Å². The Kier molecular flexibility index (Phi) is 8.09. The van der Waals surface area contributed by atoms with Gasteiger partial charge in [0.25, 0.3) is 0 Å². The lowest BCUT2D eigenvalue weighted by Gasteiger charge is -2.20. The van der Waals surface area contributed by atoms with Crippen LogP contribution >= 0.6 is 19.4 Å². The van der Waals surface area contributed by atoms with Gasteiger partial charge in [0.15, 0.2) is 0 Å². The van der Waals surface area contributed by atoms with Crippen molar-refractivity contribution in [3.05, 3.63) is 12.4 Å². The Morgan fingerprint density at radius 1 is 1.19 bits per heavy atom. The van der Waals surface area contributed by atoms with Crippen LogP contribution in [0.1, 0.15) is 13.8 Å². The second kappa shape index (κ2) is 9.67. The van der Waals surface area contributed by atoms with Gasteiger partial charge in [-0.2, -0.15) is 0 Å². The van der Waals surface area contributed by atoms with E-state index >= 15 is 0 Å². The molecule has 0 unspecified atom stereocenters. The fourth-order valence-corrected chi connectivity index (χ4v) is 5.62.